The zero-order valence-electron chi connectivity index (χ0n) is 17.1. The fraction of sp³-hybridized carbons (Fsp3) is 0.429. The number of rotatable bonds is 0. The Balaban J connectivity index is 1.56. The van der Waals surface area contributed by atoms with Crippen molar-refractivity contribution >= 4 is 23.2 Å². The van der Waals surface area contributed by atoms with Crippen LogP contribution in [0.15, 0.2) is 24.5 Å². The van der Waals surface area contributed by atoms with Crippen LogP contribution < -0.4 is 20.7 Å². The average molecular weight is 423 g/mol. The first-order chi connectivity index (χ1) is 14.9. The Kier molecular flexibility index (Phi) is 3.72. The van der Waals surface area contributed by atoms with Crippen LogP contribution >= 0.6 is 0 Å². The van der Waals surface area contributed by atoms with E-state index in [2.05, 4.69) is 27.2 Å². The molecule has 3 N–H and O–H groups in total. The number of nitrogens with two attached hydrogens (primary N) is 1. The maximum atomic E-state index is 14.3. The van der Waals surface area contributed by atoms with Gasteiger partial charge in [0.2, 0.25) is 5.88 Å². The van der Waals surface area contributed by atoms with Crippen molar-refractivity contribution in [3.8, 4) is 5.88 Å². The van der Waals surface area contributed by atoms with Gasteiger partial charge in [0.15, 0.2) is 11.5 Å². The number of carbonyl (C=O) groups excluding carboxylic acids is 1. The number of nitrogens with zero attached hydrogens (tertiary/aromatic N) is 5. The fourth-order valence-electron chi connectivity index (χ4n) is 5.18. The van der Waals surface area contributed by atoms with Crippen molar-refractivity contribution in [2.24, 2.45) is 17.8 Å². The van der Waals surface area contributed by atoms with E-state index in [1.165, 1.54) is 10.6 Å². The van der Waals surface area contributed by atoms with Gasteiger partial charge in [-0.05, 0) is 36.8 Å². The van der Waals surface area contributed by atoms with Crippen molar-refractivity contribution in [1.29, 1.82) is 0 Å². The molecule has 10 heteroatoms. The van der Waals surface area contributed by atoms with Crippen molar-refractivity contribution in [2.45, 2.75) is 25.9 Å². The predicted octanol–water partition coefficient (Wildman–Crippen LogP) is 1.80. The molecule has 9 nitrogen and oxygen atoms in total. The molecule has 160 valence electrons. The van der Waals surface area contributed by atoms with Gasteiger partial charge in [0, 0.05) is 18.3 Å². The van der Waals surface area contributed by atoms with Gasteiger partial charge < -0.3 is 20.7 Å². The highest BCUT2D eigenvalue weighted by molar-refractivity contribution is 6.04. The minimum Gasteiger partial charge on any atom is -0.475 e. The molecule has 5 heterocycles. The molecule has 2 aliphatic heterocycles. The predicted molar refractivity (Wildman–Crippen MR) is 110 cm³/mol. The van der Waals surface area contributed by atoms with Crippen LogP contribution in [0.1, 0.15) is 35.8 Å². The molecule has 3 aromatic heterocycles. The molecule has 6 rings (SSSR count). The second-order valence-electron chi connectivity index (χ2n) is 8.75. The summed E-state index contributed by atoms with van der Waals surface area (Å²) in [5, 5.41) is 7.11. The standard InChI is InChI=1S/C21H22FN7O2/c1-9-8-31-21-12(5-11(22)6-24-21)17-15-10(2)13(15)7-28(17)14-3-4-29-19(26-14)16(18(23)27-29)20(30)25-9/h3-6,9-10,13,15,17H,7-8H2,1-2H3,(H2,23,27)(H,25,30)/t9-,10-,13+,15-,17-/m1/s1. The van der Waals surface area contributed by atoms with E-state index in [-0.39, 0.29) is 36.0 Å². The number of nitrogens with one attached hydrogen (secondary N) is 1. The van der Waals surface area contributed by atoms with E-state index in [4.69, 9.17) is 15.5 Å². The van der Waals surface area contributed by atoms with Gasteiger partial charge in [-0.25, -0.2) is 18.9 Å². The molecule has 1 saturated heterocycles. The highest BCUT2D eigenvalue weighted by Crippen LogP contribution is 2.62. The largest absolute Gasteiger partial charge is 0.475 e. The molecular weight excluding hydrogens is 401 g/mol. The molecule has 0 unspecified atom stereocenters. The third-order valence-corrected chi connectivity index (χ3v) is 6.77. The molecule has 0 aromatic carbocycles. The van der Waals surface area contributed by atoms with Crippen LogP contribution in [0.4, 0.5) is 16.0 Å². The summed E-state index contributed by atoms with van der Waals surface area (Å²) in [5.74, 6) is 1.80. The van der Waals surface area contributed by atoms with Crippen molar-refractivity contribution in [1.82, 2.24) is 24.9 Å². The first-order valence-corrected chi connectivity index (χ1v) is 10.4. The number of piperidine rings is 1. The summed E-state index contributed by atoms with van der Waals surface area (Å²) in [7, 11) is 0. The summed E-state index contributed by atoms with van der Waals surface area (Å²) in [6.45, 7) is 5.01. The summed E-state index contributed by atoms with van der Waals surface area (Å²) in [6, 6.07) is 2.91. The molecule has 0 radical (unpaired) electrons. The minimum absolute atomic E-state index is 0.114. The van der Waals surface area contributed by atoms with E-state index in [9.17, 15) is 9.18 Å². The monoisotopic (exact) mass is 423 g/mol. The van der Waals surface area contributed by atoms with Crippen LogP contribution in [0.3, 0.4) is 0 Å². The van der Waals surface area contributed by atoms with E-state index < -0.39 is 5.82 Å². The fourth-order valence-corrected chi connectivity index (χ4v) is 5.18. The topological polar surface area (TPSA) is 111 Å². The van der Waals surface area contributed by atoms with Gasteiger partial charge in [-0.1, -0.05) is 6.92 Å². The third kappa shape index (κ3) is 2.67. The minimum atomic E-state index is -0.404. The normalized spacial score (nSPS) is 29.2. The van der Waals surface area contributed by atoms with Crippen LogP contribution in [0.5, 0.6) is 5.88 Å². The SMILES string of the molecule is C[C@@H]1[C@@H]2CN3c4ccn5nc(N)c(c5n4)C(=O)N[C@H](C)COc4ncc(F)cc4[C@@H]3[C@H]12. The number of aromatic nitrogens is 4. The van der Waals surface area contributed by atoms with E-state index >= 15 is 0 Å². The lowest BCUT2D eigenvalue weighted by atomic mass is 10.0. The molecule has 3 aliphatic rings. The Morgan fingerprint density at radius 2 is 2.19 bits per heavy atom. The molecule has 3 aromatic rings. The molecule has 2 bridgehead atoms. The molecule has 5 atom stereocenters. The van der Waals surface area contributed by atoms with E-state index in [0.717, 1.165) is 12.7 Å². The molecular formula is C21H22FN7O2. The Morgan fingerprint density at radius 3 is 3.03 bits per heavy atom. The van der Waals surface area contributed by atoms with Gasteiger partial charge in [0.1, 0.15) is 23.8 Å². The highest BCUT2D eigenvalue weighted by Gasteiger charge is 2.60. The van der Waals surface area contributed by atoms with Crippen LogP contribution in [0.2, 0.25) is 0 Å². The van der Waals surface area contributed by atoms with Gasteiger partial charge in [0.05, 0.1) is 18.3 Å². The quantitative estimate of drug-likeness (QED) is 0.567. The number of halogens is 1. The first kappa shape index (κ1) is 18.3. The number of pyridine rings is 1. The lowest BCUT2D eigenvalue weighted by molar-refractivity contribution is 0.0928. The van der Waals surface area contributed by atoms with Crippen LogP contribution in [0, 0.1) is 23.6 Å². The van der Waals surface area contributed by atoms with Crippen LogP contribution in [-0.2, 0) is 0 Å². The second kappa shape index (κ2) is 6.29. The smallest absolute Gasteiger partial charge is 0.259 e. The van der Waals surface area contributed by atoms with Crippen molar-refractivity contribution in [2.75, 3.05) is 23.8 Å². The van der Waals surface area contributed by atoms with Gasteiger partial charge in [-0.2, -0.15) is 0 Å². The maximum absolute atomic E-state index is 14.3. The highest BCUT2D eigenvalue weighted by atomic mass is 19.1. The number of anilines is 2. The molecule has 1 amide bonds. The number of carbonyl (C=O) groups is 1. The van der Waals surface area contributed by atoms with Gasteiger partial charge in [-0.15, -0.1) is 5.10 Å². The average Bonchev–Trinajstić information content (AvgIpc) is 3.08. The number of amides is 1. The third-order valence-electron chi connectivity index (χ3n) is 6.77. The van der Waals surface area contributed by atoms with E-state index in [1.54, 1.807) is 6.20 Å². The van der Waals surface area contributed by atoms with Gasteiger partial charge in [-0.3, -0.25) is 4.79 Å². The zero-order valence-corrected chi connectivity index (χ0v) is 17.1. The summed E-state index contributed by atoms with van der Waals surface area (Å²) in [4.78, 5) is 24.1. The van der Waals surface area contributed by atoms with Gasteiger partial charge in [0.25, 0.3) is 5.91 Å². The Hall–Kier alpha value is -3.43. The van der Waals surface area contributed by atoms with E-state index in [1.807, 2.05) is 13.0 Å². The van der Waals surface area contributed by atoms with Gasteiger partial charge >= 0.3 is 0 Å². The Labute approximate surface area is 177 Å². The lowest BCUT2D eigenvalue weighted by Gasteiger charge is -2.30. The number of nitrogen functional groups attached to an aromatic ring is 1. The molecule has 1 aliphatic carbocycles. The number of ether oxygens (including phenoxy) is 1. The maximum Gasteiger partial charge on any atom is 0.259 e. The van der Waals surface area contributed by atoms with Crippen molar-refractivity contribution < 1.29 is 13.9 Å². The molecule has 1 saturated carbocycles. The summed E-state index contributed by atoms with van der Waals surface area (Å²) >= 11 is 0. The number of fused-ring (bicyclic) bond motifs is 7. The van der Waals surface area contributed by atoms with Crippen LogP contribution in [0.25, 0.3) is 5.65 Å². The van der Waals surface area contributed by atoms with Crippen molar-refractivity contribution in [3.05, 3.63) is 41.5 Å². The summed E-state index contributed by atoms with van der Waals surface area (Å²) < 4.78 is 21.8. The molecule has 0 spiro atoms. The first-order valence-electron chi connectivity index (χ1n) is 10.4. The number of hydrogen-bond donors (Lipinski definition) is 2. The molecule has 31 heavy (non-hydrogen) atoms. The summed E-state index contributed by atoms with van der Waals surface area (Å²) in [5.41, 5.74) is 7.40. The summed E-state index contributed by atoms with van der Waals surface area (Å²) in [6.07, 6.45) is 2.91. The Bertz CT molecular complexity index is 1230. The lowest BCUT2D eigenvalue weighted by Crippen LogP contribution is -2.37. The second-order valence-corrected chi connectivity index (χ2v) is 8.75. The molecule has 2 fully saturated rings. The van der Waals surface area contributed by atoms with Crippen LogP contribution in [-0.4, -0.2) is 44.7 Å². The number of hydrogen-bond acceptors (Lipinski definition) is 7. The Morgan fingerprint density at radius 1 is 1.35 bits per heavy atom. The zero-order chi connectivity index (χ0) is 21.4. The van der Waals surface area contributed by atoms with Crippen molar-refractivity contribution in [3.63, 3.8) is 0 Å². The van der Waals surface area contributed by atoms with E-state index in [0.29, 0.717) is 40.7 Å².